The van der Waals surface area contributed by atoms with E-state index in [0.717, 1.165) is 0 Å². The predicted octanol–water partition coefficient (Wildman–Crippen LogP) is 9.83. The van der Waals surface area contributed by atoms with Crippen molar-refractivity contribution in [2.75, 3.05) is 0 Å². The third-order valence-electron chi connectivity index (χ3n) is 9.20. The smallest absolute Gasteiger partial charge is 0.00200 e. The number of hydrogen-bond acceptors (Lipinski definition) is 0. The van der Waals surface area contributed by atoms with Gasteiger partial charge in [0.15, 0.2) is 0 Å². The molecule has 0 N–H and O–H groups in total. The van der Waals surface area contributed by atoms with Gasteiger partial charge in [-0.25, -0.2) is 0 Å². The summed E-state index contributed by atoms with van der Waals surface area (Å²) >= 11 is 0. The van der Waals surface area contributed by atoms with Crippen LogP contribution in [-0.4, -0.2) is 0 Å². The molecule has 2 aliphatic rings. The van der Waals surface area contributed by atoms with E-state index in [2.05, 4.69) is 109 Å². The molecule has 0 aromatic heterocycles. The van der Waals surface area contributed by atoms with Crippen LogP contribution in [-0.2, 0) is 25.7 Å². The van der Waals surface area contributed by atoms with Gasteiger partial charge in [0.25, 0.3) is 0 Å². The van der Waals surface area contributed by atoms with Crippen LogP contribution >= 0.6 is 0 Å². The summed E-state index contributed by atoms with van der Waals surface area (Å²) in [4.78, 5) is 0. The molecule has 0 radical (unpaired) electrons. The molecule has 0 heterocycles. The predicted molar refractivity (Wildman–Crippen MR) is 162 cm³/mol. The van der Waals surface area contributed by atoms with Crippen LogP contribution in [0.3, 0.4) is 0 Å². The Bertz CT molecular complexity index is 2070. The van der Waals surface area contributed by atoms with Crippen molar-refractivity contribution in [1.82, 2.24) is 0 Å². The van der Waals surface area contributed by atoms with E-state index in [1.54, 1.807) is 5.56 Å². The van der Waals surface area contributed by atoms with Gasteiger partial charge in [0.1, 0.15) is 0 Å². The molecule has 38 heavy (non-hydrogen) atoms. The molecule has 2 aliphatic carbocycles. The van der Waals surface area contributed by atoms with E-state index in [4.69, 9.17) is 0 Å². The minimum absolute atomic E-state index is 1.18. The van der Waals surface area contributed by atoms with Crippen LogP contribution in [0.1, 0.15) is 22.3 Å². The zero-order chi connectivity index (χ0) is 24.8. The number of fused-ring (bicyclic) bond motifs is 7. The molecule has 0 saturated heterocycles. The van der Waals surface area contributed by atoms with Gasteiger partial charge in [0.05, 0.1) is 0 Å². The Morgan fingerprint density at radius 1 is 0.368 bits per heavy atom. The highest BCUT2D eigenvalue weighted by molar-refractivity contribution is 6.24. The van der Waals surface area contributed by atoms with E-state index >= 15 is 0 Å². The molecule has 7 aromatic carbocycles. The molecule has 0 bridgehead atoms. The average molecular weight is 483 g/mol. The molecule has 0 aliphatic heterocycles. The highest BCUT2D eigenvalue weighted by Crippen LogP contribution is 2.47. The fourth-order valence-corrected chi connectivity index (χ4v) is 7.14. The average Bonchev–Trinajstić information content (AvgIpc) is 2.93. The lowest BCUT2D eigenvalue weighted by Gasteiger charge is -2.25. The van der Waals surface area contributed by atoms with Crippen molar-refractivity contribution in [2.24, 2.45) is 0 Å². The van der Waals surface area contributed by atoms with Crippen LogP contribution in [0.25, 0.3) is 65.3 Å². The van der Waals surface area contributed by atoms with E-state index < -0.39 is 0 Å². The second-order valence-electron chi connectivity index (χ2n) is 11.1. The SMILES string of the molecule is c1ccc2c3c(cc(-c4c5ccccc5c(-c5ccc6cc7c(cc6c5)CC7)c5ccccc45)c2c1)CC3. The van der Waals surface area contributed by atoms with E-state index in [0.29, 0.717) is 0 Å². The summed E-state index contributed by atoms with van der Waals surface area (Å²) in [6, 6.07) is 41.5. The zero-order valence-corrected chi connectivity index (χ0v) is 21.2. The first kappa shape index (κ1) is 20.6. The van der Waals surface area contributed by atoms with Gasteiger partial charge in [0, 0.05) is 0 Å². The van der Waals surface area contributed by atoms with E-state index in [1.807, 2.05) is 0 Å². The first-order chi connectivity index (χ1) is 18.8. The van der Waals surface area contributed by atoms with Crippen LogP contribution in [0.5, 0.6) is 0 Å². The minimum Gasteiger partial charge on any atom is -0.0616 e. The van der Waals surface area contributed by atoms with Gasteiger partial charge in [-0.2, -0.15) is 0 Å². The number of rotatable bonds is 2. The van der Waals surface area contributed by atoms with E-state index in [1.165, 1.54) is 108 Å². The summed E-state index contributed by atoms with van der Waals surface area (Å²) in [5.74, 6) is 0. The zero-order valence-electron chi connectivity index (χ0n) is 21.2. The van der Waals surface area contributed by atoms with Gasteiger partial charge in [-0.05, 0) is 119 Å². The van der Waals surface area contributed by atoms with Gasteiger partial charge >= 0.3 is 0 Å². The summed E-state index contributed by atoms with van der Waals surface area (Å²) < 4.78 is 0. The van der Waals surface area contributed by atoms with Gasteiger partial charge in [0.2, 0.25) is 0 Å². The summed E-state index contributed by atoms with van der Waals surface area (Å²) in [6.45, 7) is 0. The van der Waals surface area contributed by atoms with Crippen LogP contribution < -0.4 is 0 Å². The van der Waals surface area contributed by atoms with E-state index in [-0.39, 0.29) is 0 Å². The highest BCUT2D eigenvalue weighted by atomic mass is 14.3. The Morgan fingerprint density at radius 2 is 0.921 bits per heavy atom. The Labute approximate surface area is 222 Å². The summed E-state index contributed by atoms with van der Waals surface area (Å²) in [7, 11) is 0. The Kier molecular flexibility index (Phi) is 4.10. The summed E-state index contributed by atoms with van der Waals surface area (Å²) in [5.41, 5.74) is 11.5. The second-order valence-corrected chi connectivity index (χ2v) is 11.1. The van der Waals surface area contributed by atoms with Crippen molar-refractivity contribution in [3.05, 3.63) is 131 Å². The lowest BCUT2D eigenvalue weighted by molar-refractivity contribution is 0.844. The van der Waals surface area contributed by atoms with Crippen LogP contribution in [0, 0.1) is 0 Å². The molecular weight excluding hydrogens is 456 g/mol. The van der Waals surface area contributed by atoms with Crippen molar-refractivity contribution in [3.8, 4) is 22.3 Å². The highest BCUT2D eigenvalue weighted by Gasteiger charge is 2.23. The molecule has 0 unspecified atom stereocenters. The molecule has 0 nitrogen and oxygen atoms in total. The van der Waals surface area contributed by atoms with Gasteiger partial charge in [-0.1, -0.05) is 103 Å². The summed E-state index contributed by atoms with van der Waals surface area (Å²) in [6.07, 6.45) is 4.82. The standard InChI is InChI=1S/C38H26/c1-2-8-31-30(7-1)29-18-17-26(29)22-36(31)38-34-11-5-3-9-32(34)37(33-10-4-6-12-35(33)38)27-16-15-25-19-23-13-14-24(23)20-28(25)21-27/h1-12,15-16,19-22H,13-14,17-18H2. The summed E-state index contributed by atoms with van der Waals surface area (Å²) in [5, 5.41) is 10.8. The van der Waals surface area contributed by atoms with Crippen molar-refractivity contribution in [3.63, 3.8) is 0 Å². The van der Waals surface area contributed by atoms with E-state index in [9.17, 15) is 0 Å². The second kappa shape index (κ2) is 7.55. The van der Waals surface area contributed by atoms with Crippen molar-refractivity contribution in [1.29, 1.82) is 0 Å². The van der Waals surface area contributed by atoms with Gasteiger partial charge < -0.3 is 0 Å². The Balaban J connectivity index is 1.41. The molecule has 178 valence electrons. The first-order valence-corrected chi connectivity index (χ1v) is 13.9. The monoisotopic (exact) mass is 482 g/mol. The molecule has 9 rings (SSSR count). The molecule has 7 aromatic rings. The fourth-order valence-electron chi connectivity index (χ4n) is 7.14. The van der Waals surface area contributed by atoms with Crippen LogP contribution in [0.4, 0.5) is 0 Å². The molecule has 0 heteroatoms. The number of aryl methyl sites for hydroxylation is 4. The lowest BCUT2D eigenvalue weighted by atomic mass is 9.78. The Hall–Kier alpha value is -4.42. The molecule has 0 spiro atoms. The topological polar surface area (TPSA) is 0 Å². The van der Waals surface area contributed by atoms with Gasteiger partial charge in [-0.15, -0.1) is 0 Å². The quantitative estimate of drug-likeness (QED) is 0.215. The normalized spacial score (nSPS) is 13.9. The third-order valence-corrected chi connectivity index (χ3v) is 9.20. The first-order valence-electron chi connectivity index (χ1n) is 13.9. The third kappa shape index (κ3) is 2.75. The maximum absolute atomic E-state index is 2.49. The maximum Gasteiger partial charge on any atom is -0.00200 e. The van der Waals surface area contributed by atoms with Crippen LogP contribution in [0.15, 0.2) is 109 Å². The molecular formula is C38H26. The van der Waals surface area contributed by atoms with Crippen molar-refractivity contribution >= 4 is 43.1 Å². The van der Waals surface area contributed by atoms with Crippen LogP contribution in [0.2, 0.25) is 0 Å². The lowest BCUT2D eigenvalue weighted by Crippen LogP contribution is -2.09. The molecule has 0 saturated carbocycles. The van der Waals surface area contributed by atoms with Crippen molar-refractivity contribution in [2.45, 2.75) is 25.7 Å². The molecule has 0 fully saturated rings. The van der Waals surface area contributed by atoms with Gasteiger partial charge in [-0.3, -0.25) is 0 Å². The fraction of sp³-hybridized carbons (Fsp3) is 0.105. The largest absolute Gasteiger partial charge is 0.0616 e. The Morgan fingerprint density at radius 3 is 1.53 bits per heavy atom. The minimum atomic E-state index is 1.18. The molecule has 0 amide bonds. The number of benzene rings is 7. The maximum atomic E-state index is 2.49. The number of hydrogen-bond donors (Lipinski definition) is 0. The molecule has 0 atom stereocenters. The van der Waals surface area contributed by atoms with Crippen molar-refractivity contribution < 1.29 is 0 Å².